The first kappa shape index (κ1) is 9.75. The maximum atomic E-state index is 5.42. The average molecular weight is 170 g/mol. The Bertz CT molecular complexity index is 141. The van der Waals surface area contributed by atoms with E-state index in [-0.39, 0.29) is 0 Å². The second-order valence-corrected chi connectivity index (χ2v) is 3.17. The highest BCUT2D eigenvalue weighted by Crippen LogP contribution is 2.03. The van der Waals surface area contributed by atoms with E-state index in [4.69, 9.17) is 9.47 Å². The lowest BCUT2D eigenvalue weighted by molar-refractivity contribution is 0.0879. The van der Waals surface area contributed by atoms with E-state index in [1.807, 2.05) is 0 Å². The molecule has 0 saturated carbocycles. The van der Waals surface area contributed by atoms with Gasteiger partial charge in [0.1, 0.15) is 0 Å². The van der Waals surface area contributed by atoms with Gasteiger partial charge in [-0.25, -0.2) is 0 Å². The molecular weight excluding hydrogens is 152 g/mol. The molecule has 0 unspecified atom stereocenters. The van der Waals surface area contributed by atoms with E-state index >= 15 is 0 Å². The Hall–Kier alpha value is -0.340. The van der Waals surface area contributed by atoms with E-state index in [2.05, 4.69) is 13.0 Å². The average Bonchev–Trinajstić information content (AvgIpc) is 2.11. The molecule has 0 N–H and O–H groups in total. The molecule has 0 spiro atoms. The van der Waals surface area contributed by atoms with Gasteiger partial charge >= 0.3 is 0 Å². The zero-order valence-electron chi connectivity index (χ0n) is 7.84. The second kappa shape index (κ2) is 6.21. The van der Waals surface area contributed by atoms with Crippen molar-refractivity contribution >= 4 is 0 Å². The highest BCUT2D eigenvalue weighted by Gasteiger charge is 1.95. The highest BCUT2D eigenvalue weighted by molar-refractivity contribution is 4.97. The summed E-state index contributed by atoms with van der Waals surface area (Å²) in [5.74, 6) is 0. The van der Waals surface area contributed by atoms with Crippen LogP contribution in [0.4, 0.5) is 0 Å². The third kappa shape index (κ3) is 4.52. The van der Waals surface area contributed by atoms with E-state index < -0.39 is 0 Å². The maximum Gasteiger partial charge on any atom is 0.0503 e. The van der Waals surface area contributed by atoms with Crippen LogP contribution in [-0.4, -0.2) is 26.4 Å². The molecule has 1 rings (SSSR count). The van der Waals surface area contributed by atoms with Crippen molar-refractivity contribution in [3.05, 3.63) is 11.6 Å². The fourth-order valence-electron chi connectivity index (χ4n) is 1.19. The molecule has 12 heavy (non-hydrogen) atoms. The van der Waals surface area contributed by atoms with Crippen molar-refractivity contribution in [2.75, 3.05) is 26.4 Å². The number of hydrogen-bond acceptors (Lipinski definition) is 2. The first-order valence-electron chi connectivity index (χ1n) is 4.71. The topological polar surface area (TPSA) is 18.5 Å². The Morgan fingerprint density at radius 3 is 2.67 bits per heavy atom. The third-order valence-corrected chi connectivity index (χ3v) is 1.97. The smallest absolute Gasteiger partial charge is 0.0503 e. The van der Waals surface area contributed by atoms with Gasteiger partial charge in [0, 0.05) is 13.2 Å². The molecular formula is C10H18O2. The fourth-order valence-corrected chi connectivity index (χ4v) is 1.19. The Morgan fingerprint density at radius 1 is 1.08 bits per heavy atom. The van der Waals surface area contributed by atoms with Crippen LogP contribution in [0.3, 0.4) is 0 Å². The SMILES string of the molecule is CC1=CCCOCCCOCC1. The van der Waals surface area contributed by atoms with Crippen LogP contribution < -0.4 is 0 Å². The van der Waals surface area contributed by atoms with E-state index in [1.54, 1.807) is 0 Å². The molecule has 2 heteroatoms. The molecule has 1 heterocycles. The molecule has 1 aliphatic heterocycles. The lowest BCUT2D eigenvalue weighted by Crippen LogP contribution is -2.01. The summed E-state index contributed by atoms with van der Waals surface area (Å²) < 4.78 is 10.8. The van der Waals surface area contributed by atoms with Gasteiger partial charge in [0.15, 0.2) is 0 Å². The van der Waals surface area contributed by atoms with Crippen molar-refractivity contribution in [3.63, 3.8) is 0 Å². The van der Waals surface area contributed by atoms with Crippen molar-refractivity contribution in [1.29, 1.82) is 0 Å². The number of hydrogen-bond donors (Lipinski definition) is 0. The minimum absolute atomic E-state index is 0.840. The largest absolute Gasteiger partial charge is 0.381 e. The van der Waals surface area contributed by atoms with Crippen LogP contribution in [0.25, 0.3) is 0 Å². The van der Waals surface area contributed by atoms with Crippen LogP contribution in [0.15, 0.2) is 11.6 Å². The molecule has 0 aliphatic carbocycles. The molecule has 0 aromatic rings. The molecule has 70 valence electrons. The molecule has 0 saturated heterocycles. The van der Waals surface area contributed by atoms with Crippen molar-refractivity contribution in [2.45, 2.75) is 26.2 Å². The van der Waals surface area contributed by atoms with Crippen LogP contribution in [0.5, 0.6) is 0 Å². The van der Waals surface area contributed by atoms with Gasteiger partial charge in [-0.1, -0.05) is 11.6 Å². The predicted molar refractivity (Wildman–Crippen MR) is 49.2 cm³/mol. The van der Waals surface area contributed by atoms with Crippen LogP contribution in [-0.2, 0) is 9.47 Å². The second-order valence-electron chi connectivity index (χ2n) is 3.17. The molecule has 0 aromatic heterocycles. The summed E-state index contributed by atoms with van der Waals surface area (Å²) in [6, 6.07) is 0. The first-order valence-corrected chi connectivity index (χ1v) is 4.71. The van der Waals surface area contributed by atoms with Gasteiger partial charge in [-0.3, -0.25) is 0 Å². The Balaban J connectivity index is 2.25. The minimum Gasteiger partial charge on any atom is -0.381 e. The lowest BCUT2D eigenvalue weighted by Gasteiger charge is -2.02. The maximum absolute atomic E-state index is 5.42. The van der Waals surface area contributed by atoms with Crippen molar-refractivity contribution in [3.8, 4) is 0 Å². The predicted octanol–water partition coefficient (Wildman–Crippen LogP) is 2.15. The molecule has 0 atom stereocenters. The summed E-state index contributed by atoms with van der Waals surface area (Å²) in [5, 5.41) is 0. The highest BCUT2D eigenvalue weighted by atomic mass is 16.5. The zero-order valence-corrected chi connectivity index (χ0v) is 7.84. The van der Waals surface area contributed by atoms with Gasteiger partial charge in [0.25, 0.3) is 0 Å². The minimum atomic E-state index is 0.840. The summed E-state index contributed by atoms with van der Waals surface area (Å²) in [6.07, 6.45) is 5.39. The van der Waals surface area contributed by atoms with E-state index in [0.717, 1.165) is 45.7 Å². The normalized spacial score (nSPS) is 22.6. The number of ether oxygens (including phenoxy) is 2. The summed E-state index contributed by atoms with van der Waals surface area (Å²) in [6.45, 7) is 5.56. The van der Waals surface area contributed by atoms with Crippen molar-refractivity contribution in [2.24, 2.45) is 0 Å². The quantitative estimate of drug-likeness (QED) is 0.519. The van der Waals surface area contributed by atoms with Gasteiger partial charge in [-0.05, 0) is 26.2 Å². The van der Waals surface area contributed by atoms with Gasteiger partial charge in [0.2, 0.25) is 0 Å². The molecule has 0 amide bonds. The van der Waals surface area contributed by atoms with Gasteiger partial charge in [0.05, 0.1) is 13.2 Å². The van der Waals surface area contributed by atoms with E-state index in [9.17, 15) is 0 Å². The summed E-state index contributed by atoms with van der Waals surface area (Å²) >= 11 is 0. The van der Waals surface area contributed by atoms with Crippen LogP contribution >= 0.6 is 0 Å². The van der Waals surface area contributed by atoms with Gasteiger partial charge in [-0.2, -0.15) is 0 Å². The van der Waals surface area contributed by atoms with Crippen LogP contribution in [0.2, 0.25) is 0 Å². The van der Waals surface area contributed by atoms with E-state index in [0.29, 0.717) is 0 Å². The Labute approximate surface area is 74.6 Å². The fraction of sp³-hybridized carbons (Fsp3) is 0.800. The Kier molecular flexibility index (Phi) is 5.04. The molecule has 0 radical (unpaired) electrons. The standard InChI is InChI=1S/C10H18O2/c1-10-4-2-6-11-7-3-8-12-9-5-10/h4H,2-3,5-9H2,1H3. The van der Waals surface area contributed by atoms with Crippen molar-refractivity contribution in [1.82, 2.24) is 0 Å². The van der Waals surface area contributed by atoms with Crippen LogP contribution in [0, 0.1) is 0 Å². The summed E-state index contributed by atoms with van der Waals surface area (Å²) in [7, 11) is 0. The number of rotatable bonds is 0. The lowest BCUT2D eigenvalue weighted by atomic mass is 10.2. The molecule has 0 bridgehead atoms. The monoisotopic (exact) mass is 170 g/mol. The molecule has 2 nitrogen and oxygen atoms in total. The molecule has 0 fully saturated rings. The van der Waals surface area contributed by atoms with Crippen LogP contribution in [0.1, 0.15) is 26.2 Å². The zero-order chi connectivity index (χ0) is 8.65. The van der Waals surface area contributed by atoms with Gasteiger partial charge in [-0.15, -0.1) is 0 Å². The third-order valence-electron chi connectivity index (χ3n) is 1.97. The Morgan fingerprint density at radius 2 is 1.83 bits per heavy atom. The van der Waals surface area contributed by atoms with E-state index in [1.165, 1.54) is 5.57 Å². The molecule has 1 aliphatic rings. The van der Waals surface area contributed by atoms with Crippen molar-refractivity contribution < 1.29 is 9.47 Å². The first-order chi connectivity index (χ1) is 5.89. The van der Waals surface area contributed by atoms with Gasteiger partial charge < -0.3 is 9.47 Å². The summed E-state index contributed by atoms with van der Waals surface area (Å²) in [5.41, 5.74) is 1.42. The summed E-state index contributed by atoms with van der Waals surface area (Å²) in [4.78, 5) is 0. The molecule has 0 aromatic carbocycles.